The molecule has 0 saturated carbocycles. The minimum Gasteiger partial charge on any atom is -0.355 e. The Labute approximate surface area is 97.5 Å². The van der Waals surface area contributed by atoms with Crippen LogP contribution in [0.5, 0.6) is 0 Å². The third-order valence-corrected chi connectivity index (χ3v) is 3.03. The standard InChI is InChI=1S/C13H20N2O/c1-10(2)12(8-14)13(16)15-9-11-6-4-3-5-7-11/h3-4,10-12H,5-7,9H2,1-2H3,(H,15,16). The minimum atomic E-state index is -0.515. The molecular formula is C13H20N2O. The van der Waals surface area contributed by atoms with Crippen LogP contribution in [0.3, 0.4) is 0 Å². The lowest BCUT2D eigenvalue weighted by Gasteiger charge is -2.20. The molecule has 1 amide bonds. The van der Waals surface area contributed by atoms with Crippen LogP contribution in [0.25, 0.3) is 0 Å². The normalized spacial score (nSPS) is 21.5. The number of nitriles is 1. The molecule has 2 atom stereocenters. The van der Waals surface area contributed by atoms with Crippen LogP contribution in [0.4, 0.5) is 0 Å². The van der Waals surface area contributed by atoms with E-state index in [4.69, 9.17) is 5.26 Å². The van der Waals surface area contributed by atoms with Gasteiger partial charge >= 0.3 is 0 Å². The molecular weight excluding hydrogens is 200 g/mol. The Morgan fingerprint density at radius 1 is 1.56 bits per heavy atom. The molecule has 1 N–H and O–H groups in total. The maximum atomic E-state index is 11.7. The summed E-state index contributed by atoms with van der Waals surface area (Å²) in [6.07, 6.45) is 7.64. The number of carbonyl (C=O) groups excluding carboxylic acids is 1. The molecule has 0 aromatic rings. The molecule has 0 aliphatic heterocycles. The van der Waals surface area contributed by atoms with Crippen molar-refractivity contribution in [3.8, 4) is 6.07 Å². The fourth-order valence-electron chi connectivity index (χ4n) is 1.91. The first-order valence-corrected chi connectivity index (χ1v) is 5.97. The number of rotatable bonds is 4. The smallest absolute Gasteiger partial charge is 0.237 e. The second-order valence-corrected chi connectivity index (χ2v) is 4.75. The molecule has 3 nitrogen and oxygen atoms in total. The highest BCUT2D eigenvalue weighted by molar-refractivity contribution is 5.81. The van der Waals surface area contributed by atoms with E-state index in [9.17, 15) is 4.79 Å². The Morgan fingerprint density at radius 2 is 2.31 bits per heavy atom. The molecule has 0 aromatic carbocycles. The van der Waals surface area contributed by atoms with Crippen LogP contribution in [0.2, 0.25) is 0 Å². The highest BCUT2D eigenvalue weighted by Gasteiger charge is 2.22. The van der Waals surface area contributed by atoms with E-state index in [1.54, 1.807) is 0 Å². The van der Waals surface area contributed by atoms with E-state index < -0.39 is 5.92 Å². The first-order chi connectivity index (χ1) is 7.65. The molecule has 88 valence electrons. The van der Waals surface area contributed by atoms with Gasteiger partial charge in [0.05, 0.1) is 6.07 Å². The summed E-state index contributed by atoms with van der Waals surface area (Å²) >= 11 is 0. The van der Waals surface area contributed by atoms with E-state index in [1.165, 1.54) is 0 Å². The summed E-state index contributed by atoms with van der Waals surface area (Å²) in [5.41, 5.74) is 0. The molecule has 0 spiro atoms. The molecule has 0 radical (unpaired) electrons. The van der Waals surface area contributed by atoms with Crippen LogP contribution in [0, 0.1) is 29.1 Å². The van der Waals surface area contributed by atoms with Crippen LogP contribution in [-0.4, -0.2) is 12.5 Å². The summed E-state index contributed by atoms with van der Waals surface area (Å²) in [5.74, 6) is -0.0112. The fraction of sp³-hybridized carbons (Fsp3) is 0.692. The number of hydrogen-bond donors (Lipinski definition) is 1. The van der Waals surface area contributed by atoms with Gasteiger partial charge in [0.15, 0.2) is 0 Å². The Hall–Kier alpha value is -1.30. The number of nitrogens with one attached hydrogen (secondary N) is 1. The fourth-order valence-corrected chi connectivity index (χ4v) is 1.91. The maximum absolute atomic E-state index is 11.7. The Kier molecular flexibility index (Phi) is 5.04. The van der Waals surface area contributed by atoms with Crippen molar-refractivity contribution < 1.29 is 4.79 Å². The van der Waals surface area contributed by atoms with E-state index in [0.29, 0.717) is 12.5 Å². The monoisotopic (exact) mass is 220 g/mol. The summed E-state index contributed by atoms with van der Waals surface area (Å²) in [4.78, 5) is 11.7. The van der Waals surface area contributed by atoms with E-state index in [1.807, 2.05) is 13.8 Å². The number of allylic oxidation sites excluding steroid dienone is 2. The summed E-state index contributed by atoms with van der Waals surface area (Å²) < 4.78 is 0. The molecule has 0 saturated heterocycles. The lowest BCUT2D eigenvalue weighted by atomic mass is 9.93. The van der Waals surface area contributed by atoms with Crippen molar-refractivity contribution in [2.24, 2.45) is 17.8 Å². The number of nitrogens with zero attached hydrogens (tertiary/aromatic N) is 1. The minimum absolute atomic E-state index is 0.0799. The van der Waals surface area contributed by atoms with Crippen molar-refractivity contribution in [3.05, 3.63) is 12.2 Å². The number of amides is 1. The molecule has 0 aromatic heterocycles. The SMILES string of the molecule is CC(C)C(C#N)C(=O)NCC1CC=CCC1. The number of hydrogen-bond acceptors (Lipinski definition) is 2. The summed E-state index contributed by atoms with van der Waals surface area (Å²) in [7, 11) is 0. The van der Waals surface area contributed by atoms with Gasteiger partial charge < -0.3 is 5.32 Å². The average Bonchev–Trinajstić information content (AvgIpc) is 2.28. The van der Waals surface area contributed by atoms with Gasteiger partial charge in [-0.2, -0.15) is 5.26 Å². The van der Waals surface area contributed by atoms with Crippen molar-refractivity contribution in [1.82, 2.24) is 5.32 Å². The second-order valence-electron chi connectivity index (χ2n) is 4.75. The molecule has 0 heterocycles. The van der Waals surface area contributed by atoms with Gasteiger partial charge in [-0.25, -0.2) is 0 Å². The quantitative estimate of drug-likeness (QED) is 0.739. The molecule has 2 unspecified atom stereocenters. The summed E-state index contributed by atoms with van der Waals surface area (Å²) in [6.45, 7) is 4.50. The van der Waals surface area contributed by atoms with Crippen molar-refractivity contribution in [1.29, 1.82) is 5.26 Å². The Morgan fingerprint density at radius 3 is 2.81 bits per heavy atom. The molecule has 0 bridgehead atoms. The van der Waals surface area contributed by atoms with Crippen LogP contribution >= 0.6 is 0 Å². The molecule has 1 aliphatic carbocycles. The van der Waals surface area contributed by atoms with Crippen LogP contribution in [0.1, 0.15) is 33.1 Å². The van der Waals surface area contributed by atoms with Crippen molar-refractivity contribution in [2.75, 3.05) is 6.54 Å². The molecule has 16 heavy (non-hydrogen) atoms. The lowest BCUT2D eigenvalue weighted by Crippen LogP contribution is -2.36. The Balaban J connectivity index is 2.34. The van der Waals surface area contributed by atoms with E-state index in [-0.39, 0.29) is 11.8 Å². The van der Waals surface area contributed by atoms with Crippen molar-refractivity contribution >= 4 is 5.91 Å². The van der Waals surface area contributed by atoms with Gasteiger partial charge in [-0.3, -0.25) is 4.79 Å². The molecule has 3 heteroatoms. The highest BCUT2D eigenvalue weighted by atomic mass is 16.1. The first kappa shape index (κ1) is 12.8. The lowest BCUT2D eigenvalue weighted by molar-refractivity contribution is -0.124. The van der Waals surface area contributed by atoms with Gasteiger partial charge in [0, 0.05) is 6.54 Å². The van der Waals surface area contributed by atoms with Crippen LogP contribution < -0.4 is 5.32 Å². The third kappa shape index (κ3) is 3.69. The highest BCUT2D eigenvalue weighted by Crippen LogP contribution is 2.17. The largest absolute Gasteiger partial charge is 0.355 e. The van der Waals surface area contributed by atoms with Gasteiger partial charge in [-0.05, 0) is 31.1 Å². The Bertz CT molecular complexity index is 302. The van der Waals surface area contributed by atoms with Gasteiger partial charge in [-0.1, -0.05) is 26.0 Å². The zero-order chi connectivity index (χ0) is 12.0. The molecule has 1 rings (SSSR count). The first-order valence-electron chi connectivity index (χ1n) is 5.97. The summed E-state index contributed by atoms with van der Waals surface area (Å²) in [5, 5.41) is 11.8. The zero-order valence-corrected chi connectivity index (χ0v) is 10.1. The maximum Gasteiger partial charge on any atom is 0.237 e. The van der Waals surface area contributed by atoms with Crippen molar-refractivity contribution in [3.63, 3.8) is 0 Å². The molecule has 0 fully saturated rings. The van der Waals surface area contributed by atoms with Crippen molar-refractivity contribution in [2.45, 2.75) is 33.1 Å². The third-order valence-electron chi connectivity index (χ3n) is 3.03. The van der Waals surface area contributed by atoms with E-state index in [0.717, 1.165) is 19.3 Å². The van der Waals surface area contributed by atoms with Gasteiger partial charge in [0.2, 0.25) is 5.91 Å². The van der Waals surface area contributed by atoms with Crippen LogP contribution in [-0.2, 0) is 4.79 Å². The van der Waals surface area contributed by atoms with Gasteiger partial charge in [-0.15, -0.1) is 0 Å². The number of carbonyl (C=O) groups is 1. The van der Waals surface area contributed by atoms with E-state index >= 15 is 0 Å². The topological polar surface area (TPSA) is 52.9 Å². The van der Waals surface area contributed by atoms with Crippen LogP contribution in [0.15, 0.2) is 12.2 Å². The van der Waals surface area contributed by atoms with Gasteiger partial charge in [0.25, 0.3) is 0 Å². The zero-order valence-electron chi connectivity index (χ0n) is 10.1. The predicted octanol–water partition coefficient (Wildman–Crippen LogP) is 2.25. The van der Waals surface area contributed by atoms with Gasteiger partial charge in [0.1, 0.15) is 5.92 Å². The van der Waals surface area contributed by atoms with E-state index in [2.05, 4.69) is 23.5 Å². The predicted molar refractivity (Wildman–Crippen MR) is 63.4 cm³/mol. The average molecular weight is 220 g/mol. The second kappa shape index (κ2) is 6.32. The summed E-state index contributed by atoms with van der Waals surface area (Å²) in [6, 6.07) is 2.06. The molecule has 1 aliphatic rings.